The van der Waals surface area contributed by atoms with E-state index in [1.807, 2.05) is 60.7 Å². The fraction of sp³-hybridized carbons (Fsp3) is 0.500. The lowest BCUT2D eigenvalue weighted by atomic mass is 9.82. The second-order valence-electron chi connectivity index (χ2n) is 8.24. The number of halogens is 1. The third-order valence-electron chi connectivity index (χ3n) is 4.76. The van der Waals surface area contributed by atoms with Crippen LogP contribution in [0.1, 0.15) is 51.7 Å². The molecule has 0 radical (unpaired) electrons. The van der Waals surface area contributed by atoms with E-state index < -0.39 is 5.60 Å². The van der Waals surface area contributed by atoms with E-state index in [-0.39, 0.29) is 12.4 Å². The Kier molecular flexibility index (Phi) is 10.1. The SMILES string of the molecule is CC(C)CN(CCCC(O)(c1ccccc1)c1ccccc1)CC(C)C.Cl. The van der Waals surface area contributed by atoms with E-state index >= 15 is 0 Å². The molecule has 150 valence electrons. The minimum absolute atomic E-state index is 0. The van der Waals surface area contributed by atoms with Crippen LogP contribution in [0.3, 0.4) is 0 Å². The summed E-state index contributed by atoms with van der Waals surface area (Å²) in [7, 11) is 0. The van der Waals surface area contributed by atoms with Gasteiger partial charge in [-0.2, -0.15) is 0 Å². The third-order valence-corrected chi connectivity index (χ3v) is 4.76. The van der Waals surface area contributed by atoms with Gasteiger partial charge >= 0.3 is 0 Å². The molecule has 0 aliphatic rings. The summed E-state index contributed by atoms with van der Waals surface area (Å²) in [5.41, 5.74) is 1.03. The molecule has 0 saturated carbocycles. The summed E-state index contributed by atoms with van der Waals surface area (Å²) in [5.74, 6) is 1.33. The summed E-state index contributed by atoms with van der Waals surface area (Å²) < 4.78 is 0. The van der Waals surface area contributed by atoms with E-state index in [2.05, 4.69) is 32.6 Å². The molecule has 2 aromatic rings. The molecule has 0 spiro atoms. The van der Waals surface area contributed by atoms with Crippen molar-refractivity contribution in [3.8, 4) is 0 Å². The summed E-state index contributed by atoms with van der Waals surface area (Å²) in [6, 6.07) is 20.2. The van der Waals surface area contributed by atoms with Crippen molar-refractivity contribution in [1.82, 2.24) is 4.90 Å². The van der Waals surface area contributed by atoms with E-state index in [1.54, 1.807) is 0 Å². The fourth-order valence-electron chi connectivity index (χ4n) is 3.73. The number of rotatable bonds is 10. The molecule has 0 fully saturated rings. The number of nitrogens with zero attached hydrogens (tertiary/aromatic N) is 1. The van der Waals surface area contributed by atoms with Gasteiger partial charge in [-0.05, 0) is 42.3 Å². The van der Waals surface area contributed by atoms with Crippen molar-refractivity contribution in [2.45, 2.75) is 46.1 Å². The Morgan fingerprint density at radius 2 is 1.19 bits per heavy atom. The molecule has 2 aromatic carbocycles. The molecule has 0 aliphatic heterocycles. The zero-order valence-electron chi connectivity index (χ0n) is 17.3. The Bertz CT molecular complexity index is 578. The lowest BCUT2D eigenvalue weighted by molar-refractivity contribution is 0.0636. The first kappa shape index (κ1) is 23.7. The molecule has 0 saturated heterocycles. The summed E-state index contributed by atoms with van der Waals surface area (Å²) in [6.45, 7) is 12.4. The first-order valence-corrected chi connectivity index (χ1v) is 9.97. The molecule has 0 bridgehead atoms. The molecule has 3 heteroatoms. The van der Waals surface area contributed by atoms with Gasteiger partial charge in [0.15, 0.2) is 0 Å². The van der Waals surface area contributed by atoms with Crippen LogP contribution in [0.15, 0.2) is 60.7 Å². The lowest BCUT2D eigenvalue weighted by Crippen LogP contribution is -2.34. The van der Waals surface area contributed by atoms with Gasteiger partial charge in [-0.1, -0.05) is 88.4 Å². The van der Waals surface area contributed by atoms with E-state index in [0.717, 1.165) is 43.6 Å². The van der Waals surface area contributed by atoms with Crippen LogP contribution in [0.4, 0.5) is 0 Å². The lowest BCUT2D eigenvalue weighted by Gasteiger charge is -2.32. The maximum absolute atomic E-state index is 11.6. The van der Waals surface area contributed by atoms with Gasteiger partial charge in [0.25, 0.3) is 0 Å². The number of hydrogen-bond donors (Lipinski definition) is 1. The molecule has 27 heavy (non-hydrogen) atoms. The molecule has 0 aromatic heterocycles. The predicted molar refractivity (Wildman–Crippen MR) is 118 cm³/mol. The van der Waals surface area contributed by atoms with Gasteiger partial charge in [-0.15, -0.1) is 12.4 Å². The van der Waals surface area contributed by atoms with E-state index in [1.165, 1.54) is 0 Å². The summed E-state index contributed by atoms with van der Waals surface area (Å²) in [6.07, 6.45) is 1.70. The van der Waals surface area contributed by atoms with E-state index in [0.29, 0.717) is 11.8 Å². The highest BCUT2D eigenvalue weighted by Gasteiger charge is 2.30. The van der Waals surface area contributed by atoms with Crippen molar-refractivity contribution < 1.29 is 5.11 Å². The van der Waals surface area contributed by atoms with Crippen molar-refractivity contribution in [2.75, 3.05) is 19.6 Å². The van der Waals surface area contributed by atoms with Gasteiger partial charge in [0.1, 0.15) is 5.60 Å². The summed E-state index contributed by atoms with van der Waals surface area (Å²) in [5, 5.41) is 11.6. The topological polar surface area (TPSA) is 23.5 Å². The van der Waals surface area contributed by atoms with Crippen molar-refractivity contribution in [2.24, 2.45) is 11.8 Å². The van der Waals surface area contributed by atoms with Crippen LogP contribution in [-0.4, -0.2) is 29.6 Å². The molecule has 2 rings (SSSR count). The van der Waals surface area contributed by atoms with Crippen LogP contribution in [0.25, 0.3) is 0 Å². The van der Waals surface area contributed by atoms with Crippen molar-refractivity contribution >= 4 is 12.4 Å². The van der Waals surface area contributed by atoms with Gasteiger partial charge in [0.2, 0.25) is 0 Å². The highest BCUT2D eigenvalue weighted by molar-refractivity contribution is 5.85. The maximum atomic E-state index is 11.6. The largest absolute Gasteiger partial charge is 0.380 e. The second kappa shape index (κ2) is 11.5. The van der Waals surface area contributed by atoms with Crippen molar-refractivity contribution in [1.29, 1.82) is 0 Å². The zero-order chi connectivity index (χ0) is 19.0. The molecule has 0 amide bonds. The minimum atomic E-state index is -0.927. The number of benzene rings is 2. The molecule has 2 nitrogen and oxygen atoms in total. The second-order valence-corrected chi connectivity index (χ2v) is 8.24. The number of aliphatic hydroxyl groups is 1. The van der Waals surface area contributed by atoms with Gasteiger partial charge in [0.05, 0.1) is 0 Å². The standard InChI is InChI=1S/C24H35NO.ClH/c1-20(2)18-25(19-21(3)4)17-11-16-24(26,22-12-7-5-8-13-22)23-14-9-6-10-15-23;/h5-10,12-15,20-21,26H,11,16-19H2,1-4H3;1H. The molecule has 0 heterocycles. The first-order chi connectivity index (χ1) is 12.4. The van der Waals surface area contributed by atoms with Crippen LogP contribution in [-0.2, 0) is 5.60 Å². The highest BCUT2D eigenvalue weighted by Crippen LogP contribution is 2.34. The van der Waals surface area contributed by atoms with Gasteiger partial charge in [-0.25, -0.2) is 0 Å². The van der Waals surface area contributed by atoms with Gasteiger partial charge in [-0.3, -0.25) is 0 Å². The van der Waals surface area contributed by atoms with Crippen LogP contribution in [0.5, 0.6) is 0 Å². The first-order valence-electron chi connectivity index (χ1n) is 9.97. The monoisotopic (exact) mass is 389 g/mol. The molecular weight excluding hydrogens is 354 g/mol. The highest BCUT2D eigenvalue weighted by atomic mass is 35.5. The van der Waals surface area contributed by atoms with Crippen LogP contribution < -0.4 is 0 Å². The molecule has 1 N–H and O–H groups in total. The Hall–Kier alpha value is -1.35. The van der Waals surface area contributed by atoms with Crippen molar-refractivity contribution in [3.63, 3.8) is 0 Å². The Morgan fingerprint density at radius 3 is 1.56 bits per heavy atom. The fourth-order valence-corrected chi connectivity index (χ4v) is 3.73. The van der Waals surface area contributed by atoms with Gasteiger partial charge < -0.3 is 10.0 Å². The van der Waals surface area contributed by atoms with Crippen LogP contribution in [0.2, 0.25) is 0 Å². The van der Waals surface area contributed by atoms with E-state index in [9.17, 15) is 5.11 Å². The smallest absolute Gasteiger partial charge is 0.115 e. The average molecular weight is 390 g/mol. The predicted octanol–water partition coefficient (Wildman–Crippen LogP) is 5.74. The van der Waals surface area contributed by atoms with Crippen LogP contribution >= 0.6 is 12.4 Å². The van der Waals surface area contributed by atoms with Gasteiger partial charge in [0, 0.05) is 13.1 Å². The molecule has 0 atom stereocenters. The Labute approximate surface area is 172 Å². The maximum Gasteiger partial charge on any atom is 0.115 e. The minimum Gasteiger partial charge on any atom is -0.380 e. The average Bonchev–Trinajstić information content (AvgIpc) is 2.62. The Morgan fingerprint density at radius 1 is 0.778 bits per heavy atom. The Balaban J connectivity index is 0.00000364. The normalized spacial score (nSPS) is 11.9. The molecule has 0 aliphatic carbocycles. The summed E-state index contributed by atoms with van der Waals surface area (Å²) in [4.78, 5) is 2.55. The third kappa shape index (κ3) is 7.29. The zero-order valence-corrected chi connectivity index (χ0v) is 18.1. The van der Waals surface area contributed by atoms with Crippen molar-refractivity contribution in [3.05, 3.63) is 71.8 Å². The molecule has 0 unspecified atom stereocenters. The molecular formula is C24H36ClNO. The number of hydrogen-bond acceptors (Lipinski definition) is 2. The summed E-state index contributed by atoms with van der Waals surface area (Å²) >= 11 is 0. The quantitative estimate of drug-likeness (QED) is 0.560. The van der Waals surface area contributed by atoms with Crippen LogP contribution in [0, 0.1) is 11.8 Å². The van der Waals surface area contributed by atoms with E-state index in [4.69, 9.17) is 0 Å².